The highest BCUT2D eigenvalue weighted by Gasteiger charge is 2.17. The first-order chi connectivity index (χ1) is 9.78. The van der Waals surface area contributed by atoms with E-state index in [-0.39, 0.29) is 6.04 Å². The van der Waals surface area contributed by atoms with Crippen LogP contribution in [0.3, 0.4) is 0 Å². The molecule has 1 heterocycles. The van der Waals surface area contributed by atoms with Crippen molar-refractivity contribution in [2.24, 2.45) is 5.73 Å². The Bertz CT molecular complexity index is 612. The second-order valence-corrected chi connectivity index (χ2v) is 5.18. The van der Waals surface area contributed by atoms with Crippen LogP contribution in [0.1, 0.15) is 36.6 Å². The van der Waals surface area contributed by atoms with E-state index >= 15 is 0 Å². The number of aryl methyl sites for hydroxylation is 1. The maximum Gasteiger partial charge on any atom is 0.159 e. The van der Waals surface area contributed by atoms with Crippen molar-refractivity contribution < 1.29 is 4.74 Å². The van der Waals surface area contributed by atoms with E-state index in [0.717, 1.165) is 54.1 Å². The van der Waals surface area contributed by atoms with E-state index in [1.165, 1.54) is 0 Å². The molecule has 3 rings (SSSR count). The van der Waals surface area contributed by atoms with Crippen molar-refractivity contribution in [2.75, 3.05) is 7.11 Å². The molecule has 0 bridgehead atoms. The number of ether oxygens (including phenoxy) is 1. The fourth-order valence-electron chi connectivity index (χ4n) is 2.65. The maximum atomic E-state index is 6.18. The van der Waals surface area contributed by atoms with Gasteiger partial charge in [-0.3, -0.25) is 0 Å². The SMILES string of the molecule is COc1cccc(-c2ncc3c(n2)CCCCC3N)c1. The summed E-state index contributed by atoms with van der Waals surface area (Å²) >= 11 is 0. The predicted octanol–water partition coefficient (Wildman–Crippen LogP) is 2.88. The minimum atomic E-state index is 0.0758. The standard InChI is InChI=1S/C16H19N3O/c1-20-12-6-4-5-11(9-12)16-18-10-13-14(17)7-2-3-8-15(13)19-16/h4-6,9-10,14H,2-3,7-8,17H2,1H3. The summed E-state index contributed by atoms with van der Waals surface area (Å²) < 4.78 is 5.25. The molecule has 104 valence electrons. The lowest BCUT2D eigenvalue weighted by Gasteiger charge is -2.12. The first-order valence-corrected chi connectivity index (χ1v) is 7.04. The first-order valence-electron chi connectivity index (χ1n) is 7.04. The Hall–Kier alpha value is -1.94. The maximum absolute atomic E-state index is 6.18. The largest absolute Gasteiger partial charge is 0.497 e. The molecule has 1 aromatic heterocycles. The van der Waals surface area contributed by atoms with E-state index in [4.69, 9.17) is 15.5 Å². The summed E-state index contributed by atoms with van der Waals surface area (Å²) in [4.78, 5) is 9.21. The Kier molecular flexibility index (Phi) is 3.65. The number of rotatable bonds is 2. The molecular weight excluding hydrogens is 250 g/mol. The fraction of sp³-hybridized carbons (Fsp3) is 0.375. The zero-order chi connectivity index (χ0) is 13.9. The van der Waals surface area contributed by atoms with Gasteiger partial charge in [0.05, 0.1) is 7.11 Å². The molecule has 0 amide bonds. The third-order valence-electron chi connectivity index (χ3n) is 3.81. The van der Waals surface area contributed by atoms with Gasteiger partial charge in [0.2, 0.25) is 0 Å². The number of methoxy groups -OCH3 is 1. The molecule has 1 atom stereocenters. The Balaban J connectivity index is 2.01. The van der Waals surface area contributed by atoms with E-state index in [2.05, 4.69) is 4.98 Å². The van der Waals surface area contributed by atoms with Gasteiger partial charge >= 0.3 is 0 Å². The lowest BCUT2D eigenvalue weighted by Crippen LogP contribution is -2.12. The van der Waals surface area contributed by atoms with Crippen LogP contribution in [0.5, 0.6) is 5.75 Å². The van der Waals surface area contributed by atoms with Crippen molar-refractivity contribution in [3.8, 4) is 17.1 Å². The summed E-state index contributed by atoms with van der Waals surface area (Å²) in [6.07, 6.45) is 6.21. The van der Waals surface area contributed by atoms with Crippen LogP contribution in [0.2, 0.25) is 0 Å². The fourth-order valence-corrected chi connectivity index (χ4v) is 2.65. The summed E-state index contributed by atoms with van der Waals surface area (Å²) in [7, 11) is 1.66. The van der Waals surface area contributed by atoms with Gasteiger partial charge in [0.15, 0.2) is 5.82 Å². The molecule has 1 aliphatic rings. The van der Waals surface area contributed by atoms with E-state index < -0.39 is 0 Å². The van der Waals surface area contributed by atoms with Crippen LogP contribution in [0.4, 0.5) is 0 Å². The van der Waals surface area contributed by atoms with E-state index in [0.29, 0.717) is 0 Å². The normalized spacial score (nSPS) is 18.2. The molecule has 0 fully saturated rings. The number of benzene rings is 1. The molecule has 4 nitrogen and oxygen atoms in total. The summed E-state index contributed by atoms with van der Waals surface area (Å²) in [6, 6.07) is 7.91. The number of aromatic nitrogens is 2. The Labute approximate surface area is 119 Å². The van der Waals surface area contributed by atoms with Crippen molar-refractivity contribution >= 4 is 0 Å². The van der Waals surface area contributed by atoms with Crippen LogP contribution in [0.15, 0.2) is 30.5 Å². The van der Waals surface area contributed by atoms with Crippen LogP contribution in [0, 0.1) is 0 Å². The number of hydrogen-bond donors (Lipinski definition) is 1. The summed E-state index contributed by atoms with van der Waals surface area (Å²) in [5, 5.41) is 0. The number of nitrogens with zero attached hydrogens (tertiary/aromatic N) is 2. The highest BCUT2D eigenvalue weighted by molar-refractivity contribution is 5.57. The average Bonchev–Trinajstić information content (AvgIpc) is 2.69. The average molecular weight is 269 g/mol. The van der Waals surface area contributed by atoms with E-state index in [1.54, 1.807) is 7.11 Å². The highest BCUT2D eigenvalue weighted by atomic mass is 16.5. The third-order valence-corrected chi connectivity index (χ3v) is 3.81. The summed E-state index contributed by atoms with van der Waals surface area (Å²) in [5.41, 5.74) is 9.36. The van der Waals surface area contributed by atoms with Gasteiger partial charge < -0.3 is 10.5 Å². The minimum Gasteiger partial charge on any atom is -0.497 e. The molecule has 20 heavy (non-hydrogen) atoms. The summed E-state index contributed by atoms with van der Waals surface area (Å²) in [6.45, 7) is 0. The van der Waals surface area contributed by atoms with Gasteiger partial charge in [0, 0.05) is 29.1 Å². The molecule has 1 aromatic carbocycles. The summed E-state index contributed by atoms with van der Waals surface area (Å²) in [5.74, 6) is 1.56. The van der Waals surface area contributed by atoms with Crippen molar-refractivity contribution in [1.29, 1.82) is 0 Å². The molecular formula is C16H19N3O. The van der Waals surface area contributed by atoms with Gasteiger partial charge in [-0.25, -0.2) is 9.97 Å². The van der Waals surface area contributed by atoms with Gasteiger partial charge in [-0.15, -0.1) is 0 Å². The molecule has 1 unspecified atom stereocenters. The van der Waals surface area contributed by atoms with Crippen LogP contribution in [-0.4, -0.2) is 17.1 Å². The van der Waals surface area contributed by atoms with Crippen molar-refractivity contribution in [3.05, 3.63) is 41.7 Å². The van der Waals surface area contributed by atoms with Crippen LogP contribution < -0.4 is 10.5 Å². The smallest absolute Gasteiger partial charge is 0.159 e. The van der Waals surface area contributed by atoms with E-state index in [9.17, 15) is 0 Å². The van der Waals surface area contributed by atoms with E-state index in [1.807, 2.05) is 30.5 Å². The lowest BCUT2D eigenvalue weighted by molar-refractivity contribution is 0.415. The number of fused-ring (bicyclic) bond motifs is 1. The number of nitrogens with two attached hydrogens (primary N) is 1. The zero-order valence-electron chi connectivity index (χ0n) is 11.7. The molecule has 4 heteroatoms. The molecule has 0 aliphatic heterocycles. The van der Waals surface area contributed by atoms with Crippen molar-refractivity contribution in [2.45, 2.75) is 31.7 Å². The molecule has 0 saturated carbocycles. The van der Waals surface area contributed by atoms with Crippen LogP contribution in [-0.2, 0) is 6.42 Å². The van der Waals surface area contributed by atoms with Crippen molar-refractivity contribution in [3.63, 3.8) is 0 Å². The lowest BCUT2D eigenvalue weighted by atomic mass is 10.1. The van der Waals surface area contributed by atoms with Crippen LogP contribution in [0.25, 0.3) is 11.4 Å². The monoisotopic (exact) mass is 269 g/mol. The number of hydrogen-bond acceptors (Lipinski definition) is 4. The highest BCUT2D eigenvalue weighted by Crippen LogP contribution is 2.27. The zero-order valence-corrected chi connectivity index (χ0v) is 11.7. The molecule has 1 aliphatic carbocycles. The molecule has 2 aromatic rings. The Morgan fingerprint density at radius 3 is 3.05 bits per heavy atom. The third kappa shape index (κ3) is 2.51. The second-order valence-electron chi connectivity index (χ2n) is 5.18. The van der Waals surface area contributed by atoms with Crippen LogP contribution >= 0.6 is 0 Å². The quantitative estimate of drug-likeness (QED) is 0.852. The Morgan fingerprint density at radius 2 is 2.20 bits per heavy atom. The molecule has 0 radical (unpaired) electrons. The van der Waals surface area contributed by atoms with Crippen molar-refractivity contribution in [1.82, 2.24) is 9.97 Å². The van der Waals surface area contributed by atoms with Gasteiger partial charge in [-0.1, -0.05) is 18.6 Å². The first kappa shape index (κ1) is 13.1. The Morgan fingerprint density at radius 1 is 1.30 bits per heavy atom. The van der Waals surface area contributed by atoms with Gasteiger partial charge in [0.1, 0.15) is 5.75 Å². The topological polar surface area (TPSA) is 61.0 Å². The van der Waals surface area contributed by atoms with Gasteiger partial charge in [0.25, 0.3) is 0 Å². The second kappa shape index (κ2) is 5.59. The van der Waals surface area contributed by atoms with Gasteiger partial charge in [-0.05, 0) is 31.4 Å². The molecule has 0 saturated heterocycles. The molecule has 2 N–H and O–H groups in total. The predicted molar refractivity (Wildman–Crippen MR) is 78.5 cm³/mol. The van der Waals surface area contributed by atoms with Gasteiger partial charge in [-0.2, -0.15) is 0 Å². The minimum absolute atomic E-state index is 0.0758. The molecule has 0 spiro atoms.